The molecule has 132 valence electrons. The highest BCUT2D eigenvalue weighted by atomic mass is 16.4. The van der Waals surface area contributed by atoms with Gasteiger partial charge in [-0.1, -0.05) is 48.5 Å². The first-order chi connectivity index (χ1) is 12.5. The van der Waals surface area contributed by atoms with E-state index in [0.717, 1.165) is 11.1 Å². The van der Waals surface area contributed by atoms with Crippen molar-refractivity contribution in [3.05, 3.63) is 77.7 Å². The van der Waals surface area contributed by atoms with Crippen LogP contribution in [0.5, 0.6) is 0 Å². The molecule has 0 saturated carbocycles. The molecular weight excluding hydrogens is 332 g/mol. The Balaban J connectivity index is 1.89. The zero-order valence-corrected chi connectivity index (χ0v) is 14.3. The number of oxazole rings is 1. The van der Waals surface area contributed by atoms with E-state index >= 15 is 0 Å². The van der Waals surface area contributed by atoms with Crippen LogP contribution in [0.25, 0.3) is 11.5 Å². The monoisotopic (exact) mass is 350 g/mol. The first-order valence-electron chi connectivity index (χ1n) is 8.12. The largest absolute Gasteiger partial charge is 0.480 e. The minimum Gasteiger partial charge on any atom is -0.480 e. The molecule has 1 heterocycles. The number of carboxylic acid groups (broad SMARTS) is 1. The van der Waals surface area contributed by atoms with Gasteiger partial charge in [0.2, 0.25) is 5.89 Å². The smallest absolute Gasteiger partial charge is 0.323 e. The Labute approximate surface area is 150 Å². The van der Waals surface area contributed by atoms with Crippen molar-refractivity contribution < 1.29 is 19.1 Å². The number of nitrogens with zero attached hydrogens (tertiary/aromatic N) is 2. The summed E-state index contributed by atoms with van der Waals surface area (Å²) in [6, 6.07) is 18.5. The average molecular weight is 350 g/mol. The second-order valence-corrected chi connectivity index (χ2v) is 5.83. The molecule has 0 spiro atoms. The van der Waals surface area contributed by atoms with Crippen LogP contribution in [0.4, 0.5) is 0 Å². The van der Waals surface area contributed by atoms with Crippen LogP contribution in [0.2, 0.25) is 0 Å². The van der Waals surface area contributed by atoms with Gasteiger partial charge in [-0.25, -0.2) is 4.98 Å². The number of hydrogen-bond donors (Lipinski definition) is 1. The predicted molar refractivity (Wildman–Crippen MR) is 95.5 cm³/mol. The molecule has 6 heteroatoms. The molecule has 0 saturated heterocycles. The maximum Gasteiger partial charge on any atom is 0.323 e. The molecule has 6 nitrogen and oxygen atoms in total. The molecule has 3 aromatic rings. The van der Waals surface area contributed by atoms with E-state index in [1.807, 2.05) is 60.7 Å². The molecule has 1 N–H and O–H groups in total. The Hall–Kier alpha value is -3.41. The van der Waals surface area contributed by atoms with Crippen LogP contribution in [0, 0.1) is 6.92 Å². The molecule has 1 amide bonds. The van der Waals surface area contributed by atoms with Crippen molar-refractivity contribution in [2.45, 2.75) is 13.5 Å². The lowest BCUT2D eigenvalue weighted by Crippen LogP contribution is -2.35. The summed E-state index contributed by atoms with van der Waals surface area (Å²) in [5, 5.41) is 9.17. The van der Waals surface area contributed by atoms with Crippen molar-refractivity contribution in [1.82, 2.24) is 9.88 Å². The van der Waals surface area contributed by atoms with Crippen molar-refractivity contribution in [2.75, 3.05) is 6.54 Å². The van der Waals surface area contributed by atoms with Gasteiger partial charge in [0.1, 0.15) is 12.3 Å². The number of benzene rings is 2. The number of amides is 1. The average Bonchev–Trinajstić information content (AvgIpc) is 3.03. The van der Waals surface area contributed by atoms with Gasteiger partial charge in [-0.2, -0.15) is 0 Å². The SMILES string of the molecule is Cc1oc(-c2ccccc2)nc1C(=O)N(CC(=O)O)Cc1ccccc1. The summed E-state index contributed by atoms with van der Waals surface area (Å²) in [4.78, 5) is 29.6. The third-order valence-electron chi connectivity index (χ3n) is 3.85. The number of aliphatic carboxylic acids is 1. The standard InChI is InChI=1S/C20H18N2O4/c1-14-18(21-19(26-14)16-10-6-3-7-11-16)20(25)22(13-17(23)24)12-15-8-4-2-5-9-15/h2-11H,12-13H2,1H3,(H,23,24). The lowest BCUT2D eigenvalue weighted by atomic mass is 10.2. The van der Waals surface area contributed by atoms with Crippen LogP contribution < -0.4 is 0 Å². The third kappa shape index (κ3) is 3.97. The number of aryl methyl sites for hydroxylation is 1. The normalized spacial score (nSPS) is 10.5. The number of carbonyl (C=O) groups is 2. The molecule has 0 unspecified atom stereocenters. The van der Waals surface area contributed by atoms with Gasteiger partial charge in [0.15, 0.2) is 5.69 Å². The van der Waals surface area contributed by atoms with E-state index in [9.17, 15) is 14.7 Å². The van der Waals surface area contributed by atoms with Gasteiger partial charge in [0.05, 0.1) is 0 Å². The van der Waals surface area contributed by atoms with Gasteiger partial charge < -0.3 is 14.4 Å². The highest BCUT2D eigenvalue weighted by Gasteiger charge is 2.25. The summed E-state index contributed by atoms with van der Waals surface area (Å²) in [6.07, 6.45) is 0. The van der Waals surface area contributed by atoms with Gasteiger partial charge in [-0.3, -0.25) is 9.59 Å². The van der Waals surface area contributed by atoms with E-state index in [1.54, 1.807) is 6.92 Å². The summed E-state index contributed by atoms with van der Waals surface area (Å²) in [5.74, 6) is -0.864. The molecule has 3 rings (SSSR count). The fourth-order valence-corrected chi connectivity index (χ4v) is 2.62. The number of aromatic nitrogens is 1. The highest BCUT2D eigenvalue weighted by Crippen LogP contribution is 2.22. The van der Waals surface area contributed by atoms with Crippen molar-refractivity contribution >= 4 is 11.9 Å². The summed E-state index contributed by atoms with van der Waals surface area (Å²) in [7, 11) is 0. The van der Waals surface area contributed by atoms with Crippen LogP contribution >= 0.6 is 0 Å². The van der Waals surface area contributed by atoms with Gasteiger partial charge in [-0.05, 0) is 24.6 Å². The fourth-order valence-electron chi connectivity index (χ4n) is 2.62. The lowest BCUT2D eigenvalue weighted by molar-refractivity contribution is -0.137. The van der Waals surface area contributed by atoms with Gasteiger partial charge in [-0.15, -0.1) is 0 Å². The second-order valence-electron chi connectivity index (χ2n) is 5.83. The fraction of sp³-hybridized carbons (Fsp3) is 0.150. The highest BCUT2D eigenvalue weighted by molar-refractivity contribution is 5.95. The van der Waals surface area contributed by atoms with E-state index in [2.05, 4.69) is 4.98 Å². The molecule has 0 fully saturated rings. The van der Waals surface area contributed by atoms with Crippen molar-refractivity contribution in [2.24, 2.45) is 0 Å². The third-order valence-corrected chi connectivity index (χ3v) is 3.85. The molecule has 1 aromatic heterocycles. The maximum atomic E-state index is 12.9. The Kier molecular flexibility index (Phi) is 5.12. The number of hydrogen-bond acceptors (Lipinski definition) is 4. The van der Waals surface area contributed by atoms with E-state index < -0.39 is 18.4 Å². The summed E-state index contributed by atoms with van der Waals surface area (Å²) < 4.78 is 5.62. The minimum atomic E-state index is -1.08. The topological polar surface area (TPSA) is 83.6 Å². The van der Waals surface area contributed by atoms with Crippen LogP contribution in [-0.4, -0.2) is 33.4 Å². The molecule has 0 radical (unpaired) electrons. The molecule has 0 aliphatic rings. The number of rotatable bonds is 6. The number of carboxylic acids is 1. The molecule has 26 heavy (non-hydrogen) atoms. The van der Waals surface area contributed by atoms with E-state index in [4.69, 9.17) is 4.42 Å². The molecule has 0 atom stereocenters. The summed E-state index contributed by atoms with van der Waals surface area (Å²) in [6.45, 7) is 1.41. The zero-order valence-electron chi connectivity index (χ0n) is 14.3. The van der Waals surface area contributed by atoms with Gasteiger partial charge >= 0.3 is 5.97 Å². The molecular formula is C20H18N2O4. The first-order valence-corrected chi connectivity index (χ1v) is 8.12. The molecule has 2 aromatic carbocycles. The Morgan fingerprint density at radius 1 is 1.04 bits per heavy atom. The number of carbonyl (C=O) groups excluding carboxylic acids is 1. The van der Waals surface area contributed by atoms with Crippen LogP contribution in [0.15, 0.2) is 65.1 Å². The maximum absolute atomic E-state index is 12.9. The van der Waals surface area contributed by atoms with Gasteiger partial charge in [0.25, 0.3) is 5.91 Å². The molecule has 0 aliphatic heterocycles. The van der Waals surface area contributed by atoms with Gasteiger partial charge in [0, 0.05) is 12.1 Å². The Morgan fingerprint density at radius 3 is 2.27 bits per heavy atom. The summed E-state index contributed by atoms with van der Waals surface area (Å²) in [5.41, 5.74) is 1.72. The Bertz CT molecular complexity index is 904. The molecule has 0 bridgehead atoms. The van der Waals surface area contributed by atoms with E-state index in [1.165, 1.54) is 4.90 Å². The van der Waals surface area contributed by atoms with Crippen molar-refractivity contribution in [3.8, 4) is 11.5 Å². The predicted octanol–water partition coefficient (Wildman–Crippen LogP) is 3.38. The van der Waals surface area contributed by atoms with Crippen LogP contribution in [-0.2, 0) is 11.3 Å². The Morgan fingerprint density at radius 2 is 1.65 bits per heavy atom. The van der Waals surface area contributed by atoms with E-state index in [0.29, 0.717) is 11.7 Å². The minimum absolute atomic E-state index is 0.126. The van der Waals surface area contributed by atoms with Crippen molar-refractivity contribution in [3.63, 3.8) is 0 Å². The first kappa shape index (κ1) is 17.4. The summed E-state index contributed by atoms with van der Waals surface area (Å²) >= 11 is 0. The molecule has 0 aliphatic carbocycles. The quantitative estimate of drug-likeness (QED) is 0.737. The van der Waals surface area contributed by atoms with E-state index in [-0.39, 0.29) is 12.2 Å². The van der Waals surface area contributed by atoms with Crippen molar-refractivity contribution in [1.29, 1.82) is 0 Å². The lowest BCUT2D eigenvalue weighted by Gasteiger charge is -2.19. The zero-order chi connectivity index (χ0) is 18.5. The second kappa shape index (κ2) is 7.65. The van der Waals surface area contributed by atoms with Crippen LogP contribution in [0.1, 0.15) is 21.8 Å². The van der Waals surface area contributed by atoms with Crippen LogP contribution in [0.3, 0.4) is 0 Å².